The van der Waals surface area contributed by atoms with Crippen LogP contribution in [-0.4, -0.2) is 28.0 Å². The lowest BCUT2D eigenvalue weighted by Gasteiger charge is -2.21. The Kier molecular flexibility index (Phi) is 5.65. The van der Waals surface area contributed by atoms with E-state index in [0.717, 1.165) is 0 Å². The largest absolute Gasteiger partial charge is 0.438 e. The Balaban J connectivity index is 2.50. The molecule has 0 saturated carbocycles. The van der Waals surface area contributed by atoms with E-state index in [9.17, 15) is 23.3 Å². The molecule has 0 amide bonds. The van der Waals surface area contributed by atoms with Crippen molar-refractivity contribution in [3.8, 4) is 5.75 Å². The second-order valence-electron chi connectivity index (χ2n) is 5.29. The minimum Gasteiger partial charge on any atom is -0.366 e. The van der Waals surface area contributed by atoms with E-state index in [1.54, 1.807) is 18.7 Å². The van der Waals surface area contributed by atoms with Crippen LogP contribution in [0.3, 0.4) is 0 Å². The van der Waals surface area contributed by atoms with Crippen molar-refractivity contribution < 1.29 is 22.9 Å². The number of halogens is 4. The van der Waals surface area contributed by atoms with Gasteiger partial charge < -0.3 is 9.74 Å². The highest BCUT2D eigenvalue weighted by Crippen LogP contribution is 2.37. The number of alkyl halides is 3. The molecule has 0 fully saturated rings. The Bertz CT molecular complexity index is 819. The number of hydrogen-bond donors (Lipinski definition) is 0. The molecule has 1 aromatic heterocycles. The molecule has 2 rings (SSSR count). The van der Waals surface area contributed by atoms with Crippen LogP contribution in [0.15, 0.2) is 18.2 Å². The highest BCUT2D eigenvalue weighted by molar-refractivity contribution is 6.31. The zero-order valence-corrected chi connectivity index (χ0v) is 14.9. The number of nitrogens with zero attached hydrogens (tertiary/aromatic N) is 4. The number of nitro benzene ring substituents is 1. The van der Waals surface area contributed by atoms with Gasteiger partial charge in [0.2, 0.25) is 5.69 Å². The van der Waals surface area contributed by atoms with Gasteiger partial charge in [-0.3, -0.25) is 10.1 Å². The zero-order valence-electron chi connectivity index (χ0n) is 14.2. The fourth-order valence-electron chi connectivity index (χ4n) is 2.42. The van der Waals surface area contributed by atoms with Gasteiger partial charge in [0.05, 0.1) is 15.6 Å². The fraction of sp³-hybridized carbons (Fsp3) is 0.400. The summed E-state index contributed by atoms with van der Waals surface area (Å²) in [4.78, 5) is 17.8. The number of hydrogen-bond acceptors (Lipinski definition) is 5. The number of aromatic nitrogens is 2. The van der Waals surface area contributed by atoms with Crippen molar-refractivity contribution in [3.63, 3.8) is 0 Å². The summed E-state index contributed by atoms with van der Waals surface area (Å²) in [6.45, 7) is 5.87. The lowest BCUT2D eigenvalue weighted by atomic mass is 10.2. The van der Waals surface area contributed by atoms with Crippen LogP contribution in [0.1, 0.15) is 25.2 Å². The van der Waals surface area contributed by atoms with Crippen molar-refractivity contribution in [2.24, 2.45) is 0 Å². The van der Waals surface area contributed by atoms with Gasteiger partial charge in [-0.2, -0.15) is 13.2 Å². The minimum atomic E-state index is -4.78. The summed E-state index contributed by atoms with van der Waals surface area (Å²) in [6, 6.07) is 3.68. The predicted molar refractivity (Wildman–Crippen MR) is 89.7 cm³/mol. The van der Waals surface area contributed by atoms with Crippen LogP contribution in [0, 0.1) is 17.0 Å². The summed E-state index contributed by atoms with van der Waals surface area (Å²) < 4.78 is 39.6. The summed E-state index contributed by atoms with van der Waals surface area (Å²) in [5, 5.41) is 14.3. The van der Waals surface area contributed by atoms with Crippen molar-refractivity contribution in [1.29, 1.82) is 0 Å². The van der Waals surface area contributed by atoms with E-state index < -0.39 is 21.8 Å². The van der Waals surface area contributed by atoms with Gasteiger partial charge >= 0.3 is 6.18 Å². The van der Waals surface area contributed by atoms with Crippen molar-refractivity contribution >= 4 is 23.0 Å². The van der Waals surface area contributed by atoms with Crippen LogP contribution < -0.4 is 9.74 Å². The minimum absolute atomic E-state index is 0.0397. The second kappa shape index (κ2) is 7.40. The first-order valence-corrected chi connectivity index (χ1v) is 8.01. The molecule has 7 nitrogen and oxygen atoms in total. The van der Waals surface area contributed by atoms with Crippen molar-refractivity contribution in [3.05, 3.63) is 44.7 Å². The molecule has 1 heterocycles. The first-order chi connectivity index (χ1) is 12.1. The van der Waals surface area contributed by atoms with Crippen molar-refractivity contribution in [2.75, 3.05) is 18.0 Å². The van der Waals surface area contributed by atoms with Crippen LogP contribution in [0.2, 0.25) is 5.02 Å². The van der Waals surface area contributed by atoms with E-state index in [4.69, 9.17) is 16.4 Å². The second-order valence-corrected chi connectivity index (χ2v) is 5.67. The number of nitro groups is 1. The van der Waals surface area contributed by atoms with E-state index in [1.807, 2.05) is 0 Å². The first-order valence-electron chi connectivity index (χ1n) is 7.64. The van der Waals surface area contributed by atoms with Gasteiger partial charge in [0, 0.05) is 25.2 Å². The molecule has 0 N–H and O–H groups in total. The average Bonchev–Trinajstić information content (AvgIpc) is 2.82. The third-order valence-corrected chi connectivity index (χ3v) is 4.12. The first kappa shape index (κ1) is 19.8. The Morgan fingerprint density at radius 1 is 1.35 bits per heavy atom. The predicted octanol–water partition coefficient (Wildman–Crippen LogP) is 4.46. The van der Waals surface area contributed by atoms with E-state index in [-0.39, 0.29) is 27.7 Å². The van der Waals surface area contributed by atoms with E-state index >= 15 is 0 Å². The highest BCUT2D eigenvalue weighted by Gasteiger charge is 2.40. The maximum atomic E-state index is 13.2. The molecular weight excluding hydrogens is 377 g/mol. The van der Waals surface area contributed by atoms with Gasteiger partial charge in [-0.15, -0.1) is 5.10 Å². The molecule has 11 heteroatoms. The molecule has 0 radical (unpaired) electrons. The molecule has 2 aromatic rings. The number of benzene rings is 1. The number of aryl methyl sites for hydroxylation is 1. The average molecular weight is 393 g/mol. The molecule has 142 valence electrons. The Hall–Kier alpha value is -2.49. The molecule has 0 aliphatic heterocycles. The van der Waals surface area contributed by atoms with Crippen LogP contribution >= 0.6 is 11.6 Å². The molecular formula is C15H16ClF3N4O3. The Morgan fingerprint density at radius 3 is 2.46 bits per heavy atom. The van der Waals surface area contributed by atoms with E-state index in [0.29, 0.717) is 13.1 Å². The molecule has 0 bridgehead atoms. The molecule has 0 unspecified atom stereocenters. The third-order valence-electron chi connectivity index (χ3n) is 3.67. The van der Waals surface area contributed by atoms with Crippen LogP contribution in [0.25, 0.3) is 0 Å². The third kappa shape index (κ3) is 3.85. The molecule has 0 aliphatic rings. The normalized spacial score (nSPS) is 11.5. The molecule has 26 heavy (non-hydrogen) atoms. The molecule has 0 saturated heterocycles. The lowest BCUT2D eigenvalue weighted by molar-refractivity contribution is -0.384. The Morgan fingerprint density at radius 2 is 1.96 bits per heavy atom. The van der Waals surface area contributed by atoms with Gasteiger partial charge in [-0.25, -0.2) is 0 Å². The molecule has 0 aliphatic carbocycles. The SMILES string of the molecule is CCN(CC)c1cc(On2nc(C)c(Cl)c2C(F)(F)F)ccc1[N+](=O)[O-]. The van der Waals surface area contributed by atoms with Crippen LogP contribution in [-0.2, 0) is 6.18 Å². The summed E-state index contributed by atoms with van der Waals surface area (Å²) in [6.07, 6.45) is -4.78. The molecule has 1 aromatic carbocycles. The van der Waals surface area contributed by atoms with Crippen molar-refractivity contribution in [1.82, 2.24) is 9.94 Å². The fourth-order valence-corrected chi connectivity index (χ4v) is 2.63. The topological polar surface area (TPSA) is 73.4 Å². The summed E-state index contributed by atoms with van der Waals surface area (Å²) in [7, 11) is 0. The quantitative estimate of drug-likeness (QED) is 0.536. The summed E-state index contributed by atoms with van der Waals surface area (Å²) in [5.41, 5.74) is -1.24. The molecule has 0 atom stereocenters. The summed E-state index contributed by atoms with van der Waals surface area (Å²) in [5.74, 6) is -0.0397. The van der Waals surface area contributed by atoms with Gasteiger partial charge in [0.1, 0.15) is 5.69 Å². The molecule has 0 spiro atoms. The van der Waals surface area contributed by atoms with E-state index in [1.165, 1.54) is 25.1 Å². The van der Waals surface area contributed by atoms with Gasteiger partial charge in [0.15, 0.2) is 5.75 Å². The summed E-state index contributed by atoms with van der Waals surface area (Å²) >= 11 is 5.68. The van der Waals surface area contributed by atoms with Crippen LogP contribution in [0.4, 0.5) is 24.5 Å². The number of anilines is 1. The smallest absolute Gasteiger partial charge is 0.366 e. The van der Waals surface area contributed by atoms with Gasteiger partial charge in [0.25, 0.3) is 5.69 Å². The maximum Gasteiger partial charge on any atom is 0.438 e. The lowest BCUT2D eigenvalue weighted by Crippen LogP contribution is -2.23. The van der Waals surface area contributed by atoms with Crippen LogP contribution in [0.5, 0.6) is 5.75 Å². The number of rotatable bonds is 6. The van der Waals surface area contributed by atoms with E-state index in [2.05, 4.69) is 5.10 Å². The monoisotopic (exact) mass is 392 g/mol. The zero-order chi connectivity index (χ0) is 19.6. The Labute approximate surface area is 152 Å². The highest BCUT2D eigenvalue weighted by atomic mass is 35.5. The standard InChI is InChI=1S/C15H16ClF3N4O3/c1-4-21(5-2)12-8-10(6-7-11(12)23(24)25)26-22-14(15(17,18)19)13(16)9(3)20-22/h6-8H,4-5H2,1-3H3. The maximum absolute atomic E-state index is 13.2. The van der Waals surface area contributed by atoms with Gasteiger partial charge in [-0.1, -0.05) is 16.4 Å². The van der Waals surface area contributed by atoms with Gasteiger partial charge in [-0.05, 0) is 26.8 Å². The van der Waals surface area contributed by atoms with Crippen molar-refractivity contribution in [2.45, 2.75) is 26.9 Å².